The van der Waals surface area contributed by atoms with Gasteiger partial charge in [-0.2, -0.15) is 0 Å². The summed E-state index contributed by atoms with van der Waals surface area (Å²) in [6, 6.07) is 6.31. The van der Waals surface area contributed by atoms with Crippen LogP contribution in [0.3, 0.4) is 0 Å². The number of aliphatic hydroxyl groups excluding tert-OH is 1. The van der Waals surface area contributed by atoms with Gasteiger partial charge in [0.05, 0.1) is 12.6 Å². The maximum Gasteiger partial charge on any atom is 0.244 e. The monoisotopic (exact) mass is 249 g/mol. The fourth-order valence-corrected chi connectivity index (χ4v) is 1.41. The molecule has 1 atom stereocenters. The molecule has 1 amide bonds. The number of phenolic OH excluding ortho intramolecular Hbond substituents is 1. The van der Waals surface area contributed by atoms with Gasteiger partial charge in [0.2, 0.25) is 5.91 Å². The minimum absolute atomic E-state index is 0.0730. The number of aliphatic hydroxyl groups is 1. The lowest BCUT2D eigenvalue weighted by Crippen LogP contribution is -2.40. The number of amides is 1. The minimum Gasteiger partial charge on any atom is -0.508 e. The predicted octanol–water partition coefficient (Wildman–Crippen LogP) is 1.54. The zero-order chi connectivity index (χ0) is 13.5. The fraction of sp³-hybridized carbons (Fsp3) is 0.357. The van der Waals surface area contributed by atoms with Crippen LogP contribution in [-0.2, 0) is 4.79 Å². The molecule has 0 spiro atoms. The Morgan fingerprint density at radius 2 is 1.94 bits per heavy atom. The first-order chi connectivity index (χ1) is 8.52. The first kappa shape index (κ1) is 14.3. The fourth-order valence-electron chi connectivity index (χ4n) is 1.41. The van der Waals surface area contributed by atoms with Gasteiger partial charge in [-0.25, -0.2) is 0 Å². The Bertz CT molecular complexity index is 410. The van der Waals surface area contributed by atoms with Crippen LogP contribution < -0.4 is 5.32 Å². The summed E-state index contributed by atoms with van der Waals surface area (Å²) in [6.45, 7) is 3.80. The normalized spacial score (nSPS) is 12.9. The van der Waals surface area contributed by atoms with Crippen LogP contribution in [0.1, 0.15) is 19.4 Å². The number of rotatable bonds is 5. The van der Waals surface area contributed by atoms with Gasteiger partial charge in [-0.1, -0.05) is 26.0 Å². The standard InChI is InChI=1S/C14H19NO3/c1-10(2)13(9-16)15-14(18)8-5-11-3-6-12(17)7-4-11/h3-8,10,13,16-17H,9H2,1-2H3,(H,15,18). The molecule has 1 unspecified atom stereocenters. The van der Waals surface area contributed by atoms with Crippen LogP contribution in [0.4, 0.5) is 0 Å². The van der Waals surface area contributed by atoms with Gasteiger partial charge in [-0.05, 0) is 29.7 Å². The molecule has 98 valence electrons. The van der Waals surface area contributed by atoms with Gasteiger partial charge >= 0.3 is 0 Å². The molecule has 1 rings (SSSR count). The van der Waals surface area contributed by atoms with Gasteiger partial charge in [0.15, 0.2) is 0 Å². The second-order valence-corrected chi connectivity index (χ2v) is 4.47. The van der Waals surface area contributed by atoms with Gasteiger partial charge in [-0.3, -0.25) is 4.79 Å². The van der Waals surface area contributed by atoms with E-state index >= 15 is 0 Å². The van der Waals surface area contributed by atoms with Gasteiger partial charge in [0.1, 0.15) is 5.75 Å². The Labute approximate surface area is 107 Å². The van der Waals surface area contributed by atoms with E-state index in [1.165, 1.54) is 6.08 Å². The number of hydrogen-bond donors (Lipinski definition) is 3. The van der Waals surface area contributed by atoms with Crippen molar-refractivity contribution >= 4 is 12.0 Å². The number of aromatic hydroxyl groups is 1. The highest BCUT2D eigenvalue weighted by atomic mass is 16.3. The molecule has 3 N–H and O–H groups in total. The van der Waals surface area contributed by atoms with Crippen LogP contribution in [0, 0.1) is 5.92 Å². The second-order valence-electron chi connectivity index (χ2n) is 4.47. The van der Waals surface area contributed by atoms with Gasteiger partial charge in [-0.15, -0.1) is 0 Å². The lowest BCUT2D eigenvalue weighted by molar-refractivity contribution is -0.117. The van der Waals surface area contributed by atoms with Crippen molar-refractivity contribution in [3.8, 4) is 5.75 Å². The number of carbonyl (C=O) groups excluding carboxylic acids is 1. The molecule has 1 aromatic carbocycles. The number of nitrogens with one attached hydrogen (secondary N) is 1. The van der Waals surface area contributed by atoms with E-state index in [1.54, 1.807) is 30.3 Å². The Hall–Kier alpha value is -1.81. The SMILES string of the molecule is CC(C)C(CO)NC(=O)C=Cc1ccc(O)cc1. The van der Waals surface area contributed by atoms with Crippen LogP contribution in [0.25, 0.3) is 6.08 Å². The van der Waals surface area contributed by atoms with Crippen LogP contribution in [0.15, 0.2) is 30.3 Å². The number of phenols is 1. The highest BCUT2D eigenvalue weighted by Gasteiger charge is 2.12. The van der Waals surface area contributed by atoms with Crippen molar-refractivity contribution in [2.24, 2.45) is 5.92 Å². The van der Waals surface area contributed by atoms with E-state index in [1.807, 2.05) is 13.8 Å². The average Bonchev–Trinajstić information content (AvgIpc) is 2.35. The molecule has 0 saturated carbocycles. The summed E-state index contributed by atoms with van der Waals surface area (Å²) >= 11 is 0. The maximum atomic E-state index is 11.6. The molecular weight excluding hydrogens is 230 g/mol. The number of benzene rings is 1. The zero-order valence-corrected chi connectivity index (χ0v) is 10.6. The third-order valence-corrected chi connectivity index (χ3v) is 2.65. The van der Waals surface area contributed by atoms with Crippen molar-refractivity contribution in [3.63, 3.8) is 0 Å². The van der Waals surface area contributed by atoms with Gasteiger partial charge < -0.3 is 15.5 Å². The van der Waals surface area contributed by atoms with Crippen LogP contribution in [0.5, 0.6) is 5.75 Å². The highest BCUT2D eigenvalue weighted by molar-refractivity contribution is 5.91. The Balaban J connectivity index is 2.56. The van der Waals surface area contributed by atoms with Gasteiger partial charge in [0, 0.05) is 6.08 Å². The smallest absolute Gasteiger partial charge is 0.244 e. The van der Waals surface area contributed by atoms with E-state index in [2.05, 4.69) is 5.32 Å². The Morgan fingerprint density at radius 3 is 2.44 bits per heavy atom. The summed E-state index contributed by atoms with van der Waals surface area (Å²) in [5, 5.41) is 20.9. The van der Waals surface area contributed by atoms with Crippen molar-refractivity contribution in [1.29, 1.82) is 0 Å². The molecule has 0 radical (unpaired) electrons. The zero-order valence-electron chi connectivity index (χ0n) is 10.6. The predicted molar refractivity (Wildman–Crippen MR) is 71.0 cm³/mol. The summed E-state index contributed by atoms with van der Waals surface area (Å²) in [5.41, 5.74) is 0.827. The molecule has 1 aromatic rings. The molecule has 0 aliphatic heterocycles. The molecule has 0 aliphatic carbocycles. The molecule has 0 heterocycles. The largest absolute Gasteiger partial charge is 0.508 e. The quantitative estimate of drug-likeness (QED) is 0.693. The van der Waals surface area contributed by atoms with Gasteiger partial charge in [0.25, 0.3) is 0 Å². The lowest BCUT2D eigenvalue weighted by atomic mass is 10.1. The summed E-state index contributed by atoms with van der Waals surface area (Å²) in [4.78, 5) is 11.6. The topological polar surface area (TPSA) is 69.6 Å². The highest BCUT2D eigenvalue weighted by Crippen LogP contribution is 2.10. The maximum absolute atomic E-state index is 11.6. The second kappa shape index (κ2) is 6.81. The minimum atomic E-state index is -0.240. The molecule has 0 fully saturated rings. The molecule has 0 bridgehead atoms. The third kappa shape index (κ3) is 4.59. The first-order valence-electron chi connectivity index (χ1n) is 5.91. The molecule has 0 aromatic heterocycles. The average molecular weight is 249 g/mol. The summed E-state index contributed by atoms with van der Waals surface area (Å²) in [5.74, 6) is 0.133. The van der Waals surface area contributed by atoms with Crippen molar-refractivity contribution in [2.45, 2.75) is 19.9 Å². The van der Waals surface area contributed by atoms with E-state index in [4.69, 9.17) is 10.2 Å². The Morgan fingerprint density at radius 1 is 1.33 bits per heavy atom. The van der Waals surface area contributed by atoms with E-state index in [0.717, 1.165) is 5.56 Å². The lowest BCUT2D eigenvalue weighted by Gasteiger charge is -2.18. The van der Waals surface area contributed by atoms with Crippen LogP contribution in [-0.4, -0.2) is 28.8 Å². The first-order valence-corrected chi connectivity index (χ1v) is 5.91. The summed E-state index contributed by atoms with van der Waals surface area (Å²) in [7, 11) is 0. The molecule has 18 heavy (non-hydrogen) atoms. The summed E-state index contributed by atoms with van der Waals surface area (Å²) in [6.07, 6.45) is 3.07. The van der Waals surface area contributed by atoms with Crippen molar-refractivity contribution in [2.75, 3.05) is 6.61 Å². The molecule has 0 saturated heterocycles. The Kier molecular flexibility index (Phi) is 5.39. The van der Waals surface area contributed by atoms with E-state index in [0.29, 0.717) is 0 Å². The van der Waals surface area contributed by atoms with Crippen LogP contribution >= 0.6 is 0 Å². The van der Waals surface area contributed by atoms with E-state index in [-0.39, 0.29) is 30.2 Å². The molecular formula is C14H19NO3. The molecule has 4 nitrogen and oxygen atoms in total. The van der Waals surface area contributed by atoms with Crippen molar-refractivity contribution in [1.82, 2.24) is 5.32 Å². The number of carbonyl (C=O) groups is 1. The van der Waals surface area contributed by atoms with E-state index < -0.39 is 0 Å². The van der Waals surface area contributed by atoms with Crippen molar-refractivity contribution in [3.05, 3.63) is 35.9 Å². The third-order valence-electron chi connectivity index (χ3n) is 2.65. The van der Waals surface area contributed by atoms with E-state index in [9.17, 15) is 4.79 Å². The van der Waals surface area contributed by atoms with Crippen molar-refractivity contribution < 1.29 is 15.0 Å². The number of hydrogen-bond acceptors (Lipinski definition) is 3. The molecule has 0 aliphatic rings. The molecule has 4 heteroatoms. The van der Waals surface area contributed by atoms with Crippen LogP contribution in [0.2, 0.25) is 0 Å². The summed E-state index contributed by atoms with van der Waals surface area (Å²) < 4.78 is 0.